The number of ether oxygens (including phenoxy) is 1. The maximum absolute atomic E-state index is 13.3. The number of hydrogen-bond acceptors (Lipinski definition) is 3. The lowest BCUT2D eigenvalue weighted by Gasteiger charge is -2.19. The van der Waals surface area contributed by atoms with Gasteiger partial charge in [-0.3, -0.25) is 9.59 Å². The van der Waals surface area contributed by atoms with Gasteiger partial charge in [0.2, 0.25) is 11.8 Å². The summed E-state index contributed by atoms with van der Waals surface area (Å²) >= 11 is 0. The summed E-state index contributed by atoms with van der Waals surface area (Å²) in [4.78, 5) is 23.1. The summed E-state index contributed by atoms with van der Waals surface area (Å²) in [5.74, 6) is -0.591. The van der Waals surface area contributed by atoms with E-state index >= 15 is 0 Å². The molecule has 1 fully saturated rings. The predicted octanol–water partition coefficient (Wildman–Crippen LogP) is 1.15. The van der Waals surface area contributed by atoms with Crippen LogP contribution in [0, 0.1) is 11.7 Å². The molecule has 1 saturated heterocycles. The summed E-state index contributed by atoms with van der Waals surface area (Å²) in [6, 6.07) is 3.76. The van der Waals surface area contributed by atoms with Gasteiger partial charge in [-0.25, -0.2) is 4.39 Å². The van der Waals surface area contributed by atoms with Crippen LogP contribution in [0.25, 0.3) is 0 Å². The van der Waals surface area contributed by atoms with Crippen molar-refractivity contribution in [2.75, 3.05) is 13.7 Å². The number of nitrogens with one attached hydrogen (secondary N) is 2. The van der Waals surface area contributed by atoms with E-state index in [4.69, 9.17) is 4.74 Å². The molecule has 1 aliphatic heterocycles. The number of carbonyl (C=O) groups excluding carboxylic acids is 2. The first-order valence-electron chi connectivity index (χ1n) is 6.41. The fourth-order valence-corrected chi connectivity index (χ4v) is 2.24. The van der Waals surface area contributed by atoms with Gasteiger partial charge in [0.1, 0.15) is 11.6 Å². The largest absolute Gasteiger partial charge is 0.496 e. The fraction of sp³-hybridized carbons (Fsp3) is 0.429. The molecule has 5 nitrogen and oxygen atoms in total. The second-order valence-electron chi connectivity index (χ2n) is 4.82. The summed E-state index contributed by atoms with van der Waals surface area (Å²) in [5, 5.41) is 5.39. The van der Waals surface area contributed by atoms with Gasteiger partial charge < -0.3 is 15.4 Å². The maximum Gasteiger partial charge on any atom is 0.225 e. The molecular formula is C14H17FN2O3. The zero-order valence-electron chi connectivity index (χ0n) is 11.4. The number of hydrogen-bond donors (Lipinski definition) is 2. The van der Waals surface area contributed by atoms with Crippen LogP contribution < -0.4 is 15.4 Å². The molecule has 0 radical (unpaired) electrons. The Morgan fingerprint density at radius 2 is 2.30 bits per heavy atom. The van der Waals surface area contributed by atoms with Crippen molar-refractivity contribution in [3.05, 3.63) is 29.6 Å². The highest BCUT2D eigenvalue weighted by Gasteiger charge is 2.29. The van der Waals surface area contributed by atoms with Crippen molar-refractivity contribution in [3.8, 4) is 5.75 Å². The molecule has 0 spiro atoms. The number of halogens is 1. The lowest BCUT2D eigenvalue weighted by atomic mass is 10.0. The van der Waals surface area contributed by atoms with Crippen molar-refractivity contribution in [2.45, 2.75) is 19.4 Å². The van der Waals surface area contributed by atoms with Gasteiger partial charge in [-0.15, -0.1) is 0 Å². The van der Waals surface area contributed by atoms with E-state index in [2.05, 4.69) is 10.6 Å². The highest BCUT2D eigenvalue weighted by molar-refractivity contribution is 5.89. The summed E-state index contributed by atoms with van der Waals surface area (Å²) in [6.07, 6.45) is 0.193. The molecule has 1 heterocycles. The lowest BCUT2D eigenvalue weighted by molar-refractivity contribution is -0.127. The first-order chi connectivity index (χ1) is 9.51. The van der Waals surface area contributed by atoms with Gasteiger partial charge in [0.15, 0.2) is 0 Å². The summed E-state index contributed by atoms with van der Waals surface area (Å²) < 4.78 is 18.5. The minimum absolute atomic E-state index is 0.124. The predicted molar refractivity (Wildman–Crippen MR) is 70.6 cm³/mol. The van der Waals surface area contributed by atoms with E-state index in [1.54, 1.807) is 6.92 Å². The van der Waals surface area contributed by atoms with E-state index in [1.165, 1.54) is 25.3 Å². The molecule has 2 unspecified atom stereocenters. The van der Waals surface area contributed by atoms with E-state index in [1.807, 2.05) is 0 Å². The molecule has 2 rings (SSSR count). The van der Waals surface area contributed by atoms with Gasteiger partial charge in [0, 0.05) is 18.5 Å². The Kier molecular flexibility index (Phi) is 4.22. The topological polar surface area (TPSA) is 67.4 Å². The van der Waals surface area contributed by atoms with Crippen LogP contribution in [0.15, 0.2) is 18.2 Å². The second kappa shape index (κ2) is 5.90. The van der Waals surface area contributed by atoms with E-state index in [-0.39, 0.29) is 30.0 Å². The average molecular weight is 280 g/mol. The molecule has 0 saturated carbocycles. The molecular weight excluding hydrogens is 263 g/mol. The van der Waals surface area contributed by atoms with Crippen LogP contribution in [0.1, 0.15) is 24.9 Å². The van der Waals surface area contributed by atoms with E-state index < -0.39 is 6.04 Å². The highest BCUT2D eigenvalue weighted by atomic mass is 19.1. The molecule has 0 bridgehead atoms. The number of methoxy groups -OCH3 is 1. The van der Waals surface area contributed by atoms with Gasteiger partial charge in [0.05, 0.1) is 19.1 Å². The average Bonchev–Trinajstić information content (AvgIpc) is 2.85. The fourth-order valence-electron chi connectivity index (χ4n) is 2.24. The van der Waals surface area contributed by atoms with Crippen molar-refractivity contribution in [2.24, 2.45) is 5.92 Å². The molecule has 2 amide bonds. The third-order valence-corrected chi connectivity index (χ3v) is 3.37. The van der Waals surface area contributed by atoms with E-state index in [0.717, 1.165) is 0 Å². The van der Waals surface area contributed by atoms with Crippen LogP contribution in [0.3, 0.4) is 0 Å². The van der Waals surface area contributed by atoms with Crippen LogP contribution in [-0.2, 0) is 9.59 Å². The molecule has 0 aliphatic carbocycles. The number of benzene rings is 1. The number of amides is 2. The van der Waals surface area contributed by atoms with E-state index in [9.17, 15) is 14.0 Å². The molecule has 20 heavy (non-hydrogen) atoms. The third kappa shape index (κ3) is 3.07. The molecule has 6 heteroatoms. The van der Waals surface area contributed by atoms with Crippen molar-refractivity contribution < 1.29 is 18.7 Å². The number of carbonyl (C=O) groups is 2. The summed E-state index contributed by atoms with van der Waals surface area (Å²) in [6.45, 7) is 2.09. The van der Waals surface area contributed by atoms with Gasteiger partial charge in [-0.1, -0.05) is 0 Å². The second-order valence-corrected chi connectivity index (χ2v) is 4.82. The van der Waals surface area contributed by atoms with Gasteiger partial charge >= 0.3 is 0 Å². The zero-order chi connectivity index (χ0) is 14.7. The lowest BCUT2D eigenvalue weighted by Crippen LogP contribution is -2.34. The molecule has 1 aromatic rings. The molecule has 1 aliphatic rings. The first kappa shape index (κ1) is 14.3. The molecule has 1 aromatic carbocycles. The Morgan fingerprint density at radius 3 is 2.90 bits per heavy atom. The minimum Gasteiger partial charge on any atom is -0.496 e. The Balaban J connectivity index is 2.08. The van der Waals surface area contributed by atoms with Crippen LogP contribution >= 0.6 is 0 Å². The minimum atomic E-state index is -0.399. The van der Waals surface area contributed by atoms with Crippen LogP contribution in [0.2, 0.25) is 0 Å². The summed E-state index contributed by atoms with van der Waals surface area (Å²) in [5.41, 5.74) is 0.568. The molecule has 108 valence electrons. The molecule has 2 atom stereocenters. The van der Waals surface area contributed by atoms with Crippen LogP contribution in [0.5, 0.6) is 5.75 Å². The Morgan fingerprint density at radius 1 is 1.55 bits per heavy atom. The molecule has 0 aromatic heterocycles. The highest BCUT2D eigenvalue weighted by Crippen LogP contribution is 2.26. The van der Waals surface area contributed by atoms with E-state index in [0.29, 0.717) is 17.9 Å². The normalized spacial score (nSPS) is 19.4. The first-order valence-corrected chi connectivity index (χ1v) is 6.41. The standard InChI is InChI=1S/C14H17FN2O3/c1-8(11-6-10(15)3-4-12(11)20-2)17-14(19)9-5-13(18)16-7-9/h3-4,6,8-9H,5,7H2,1-2H3,(H,16,18)(H,17,19). The van der Waals surface area contributed by atoms with Gasteiger partial charge in [0.25, 0.3) is 0 Å². The maximum atomic E-state index is 13.3. The van der Waals surface area contributed by atoms with Crippen molar-refractivity contribution in [3.63, 3.8) is 0 Å². The van der Waals surface area contributed by atoms with Crippen LogP contribution in [0.4, 0.5) is 4.39 Å². The summed E-state index contributed by atoms with van der Waals surface area (Å²) in [7, 11) is 1.49. The van der Waals surface area contributed by atoms with Gasteiger partial charge in [-0.2, -0.15) is 0 Å². The zero-order valence-corrected chi connectivity index (χ0v) is 11.4. The van der Waals surface area contributed by atoms with Crippen LogP contribution in [-0.4, -0.2) is 25.5 Å². The van der Waals surface area contributed by atoms with Gasteiger partial charge in [-0.05, 0) is 25.1 Å². The molecule has 2 N–H and O–H groups in total. The van der Waals surface area contributed by atoms with Crippen molar-refractivity contribution >= 4 is 11.8 Å². The van der Waals surface area contributed by atoms with Crippen molar-refractivity contribution in [1.82, 2.24) is 10.6 Å². The quantitative estimate of drug-likeness (QED) is 0.869. The smallest absolute Gasteiger partial charge is 0.225 e. The Bertz CT molecular complexity index is 533. The third-order valence-electron chi connectivity index (χ3n) is 3.37. The monoisotopic (exact) mass is 280 g/mol. The number of rotatable bonds is 4. The Hall–Kier alpha value is -2.11. The van der Waals surface area contributed by atoms with Crippen molar-refractivity contribution in [1.29, 1.82) is 0 Å². The Labute approximate surface area is 116 Å². The SMILES string of the molecule is COc1ccc(F)cc1C(C)NC(=O)C1CNC(=O)C1.